The Kier molecular flexibility index (Phi) is 6.36. The van der Waals surface area contributed by atoms with E-state index in [2.05, 4.69) is 19.2 Å². The first kappa shape index (κ1) is 15.5. The summed E-state index contributed by atoms with van der Waals surface area (Å²) in [5.41, 5.74) is 6.41. The molecule has 106 valence electrons. The maximum absolute atomic E-state index is 11.2. The normalized spacial score (nSPS) is 12.4. The van der Waals surface area contributed by atoms with E-state index < -0.39 is 12.0 Å². The highest BCUT2D eigenvalue weighted by Gasteiger charge is 2.14. The van der Waals surface area contributed by atoms with Crippen molar-refractivity contribution < 1.29 is 9.53 Å². The molecule has 1 amide bonds. The van der Waals surface area contributed by atoms with Crippen LogP contribution in [0.2, 0.25) is 0 Å². The van der Waals surface area contributed by atoms with Crippen LogP contribution in [0.15, 0.2) is 24.3 Å². The van der Waals surface area contributed by atoms with Crippen LogP contribution in [0.4, 0.5) is 0 Å². The summed E-state index contributed by atoms with van der Waals surface area (Å²) in [7, 11) is 0. The van der Waals surface area contributed by atoms with Crippen molar-refractivity contribution in [2.45, 2.75) is 39.8 Å². The number of nitrogens with two attached hydrogens (primary N) is 1. The third kappa shape index (κ3) is 5.75. The lowest BCUT2D eigenvalue weighted by Gasteiger charge is -2.15. The van der Waals surface area contributed by atoms with Gasteiger partial charge in [0.25, 0.3) is 5.91 Å². The highest BCUT2D eigenvalue weighted by molar-refractivity contribution is 5.79. The molecule has 0 saturated carbocycles. The molecule has 4 nitrogen and oxygen atoms in total. The summed E-state index contributed by atoms with van der Waals surface area (Å²) < 4.78 is 5.59. The van der Waals surface area contributed by atoms with E-state index >= 15 is 0 Å². The van der Waals surface area contributed by atoms with Crippen LogP contribution >= 0.6 is 0 Å². The van der Waals surface area contributed by atoms with E-state index in [0.29, 0.717) is 18.1 Å². The molecule has 1 unspecified atom stereocenters. The van der Waals surface area contributed by atoms with E-state index in [-0.39, 0.29) is 0 Å². The van der Waals surface area contributed by atoms with Gasteiger partial charge in [0, 0.05) is 6.54 Å². The minimum Gasteiger partial charge on any atom is -0.481 e. The quantitative estimate of drug-likeness (QED) is 0.755. The van der Waals surface area contributed by atoms with Crippen molar-refractivity contribution in [1.82, 2.24) is 5.32 Å². The zero-order valence-corrected chi connectivity index (χ0v) is 12.0. The van der Waals surface area contributed by atoms with E-state index in [0.717, 1.165) is 18.7 Å². The van der Waals surface area contributed by atoms with Gasteiger partial charge in [-0.2, -0.15) is 0 Å². The first-order chi connectivity index (χ1) is 9.02. The summed E-state index contributed by atoms with van der Waals surface area (Å²) in [6.45, 7) is 7.99. The van der Waals surface area contributed by atoms with E-state index in [1.807, 2.05) is 31.2 Å². The topological polar surface area (TPSA) is 64.3 Å². The maximum Gasteiger partial charge on any atom is 0.258 e. The Morgan fingerprint density at radius 3 is 2.74 bits per heavy atom. The van der Waals surface area contributed by atoms with Gasteiger partial charge in [0.2, 0.25) is 0 Å². The summed E-state index contributed by atoms with van der Waals surface area (Å²) >= 11 is 0. The standard InChI is InChI=1S/C15H24N2O2/c1-4-14(15(16)18)19-13-7-5-6-12(8-13)10-17-9-11(2)3/h5-8,11,14,17H,4,9-10H2,1-3H3,(H2,16,18). The lowest BCUT2D eigenvalue weighted by atomic mass is 10.2. The van der Waals surface area contributed by atoms with Crippen LogP contribution in [0.3, 0.4) is 0 Å². The number of amides is 1. The molecule has 0 spiro atoms. The largest absolute Gasteiger partial charge is 0.481 e. The Bertz CT molecular complexity index is 405. The van der Waals surface area contributed by atoms with Crippen molar-refractivity contribution in [2.75, 3.05) is 6.54 Å². The molecular formula is C15H24N2O2. The molecule has 0 saturated heterocycles. The van der Waals surface area contributed by atoms with Crippen molar-refractivity contribution in [3.63, 3.8) is 0 Å². The molecule has 0 aliphatic heterocycles. The van der Waals surface area contributed by atoms with Gasteiger partial charge < -0.3 is 15.8 Å². The summed E-state index contributed by atoms with van der Waals surface area (Å²) in [6.07, 6.45) is 0.0180. The fraction of sp³-hybridized carbons (Fsp3) is 0.533. The highest BCUT2D eigenvalue weighted by Crippen LogP contribution is 2.16. The molecule has 0 heterocycles. The van der Waals surface area contributed by atoms with Gasteiger partial charge in [-0.15, -0.1) is 0 Å². The molecule has 0 aliphatic carbocycles. The first-order valence-electron chi connectivity index (χ1n) is 6.78. The SMILES string of the molecule is CCC(Oc1cccc(CNCC(C)C)c1)C(N)=O. The van der Waals surface area contributed by atoms with E-state index in [9.17, 15) is 4.79 Å². The molecule has 1 rings (SSSR count). The van der Waals surface area contributed by atoms with Crippen LogP contribution < -0.4 is 15.8 Å². The smallest absolute Gasteiger partial charge is 0.258 e. The molecule has 0 fully saturated rings. The second-order valence-corrected chi connectivity index (χ2v) is 5.09. The van der Waals surface area contributed by atoms with Gasteiger partial charge in [0.15, 0.2) is 6.10 Å². The van der Waals surface area contributed by atoms with Gasteiger partial charge in [0.05, 0.1) is 0 Å². The van der Waals surface area contributed by atoms with Crippen molar-refractivity contribution in [2.24, 2.45) is 11.7 Å². The van der Waals surface area contributed by atoms with Crippen LogP contribution in [-0.2, 0) is 11.3 Å². The van der Waals surface area contributed by atoms with Crippen LogP contribution in [0.1, 0.15) is 32.8 Å². The minimum atomic E-state index is -0.557. The molecule has 19 heavy (non-hydrogen) atoms. The number of hydrogen-bond donors (Lipinski definition) is 2. The van der Waals surface area contributed by atoms with Gasteiger partial charge in [-0.3, -0.25) is 4.79 Å². The maximum atomic E-state index is 11.2. The average molecular weight is 264 g/mol. The van der Waals surface area contributed by atoms with Crippen LogP contribution in [0, 0.1) is 5.92 Å². The van der Waals surface area contributed by atoms with Crippen molar-refractivity contribution in [3.8, 4) is 5.75 Å². The van der Waals surface area contributed by atoms with Crippen molar-refractivity contribution >= 4 is 5.91 Å². The zero-order valence-electron chi connectivity index (χ0n) is 12.0. The summed E-state index contributed by atoms with van der Waals surface area (Å²) in [6, 6.07) is 7.75. The highest BCUT2D eigenvalue weighted by atomic mass is 16.5. The van der Waals surface area contributed by atoms with Gasteiger partial charge >= 0.3 is 0 Å². The summed E-state index contributed by atoms with van der Waals surface area (Å²) in [4.78, 5) is 11.2. The molecule has 1 aromatic carbocycles. The number of nitrogens with one attached hydrogen (secondary N) is 1. The Morgan fingerprint density at radius 2 is 2.16 bits per heavy atom. The van der Waals surface area contributed by atoms with E-state index in [1.54, 1.807) is 0 Å². The Balaban J connectivity index is 2.58. The van der Waals surface area contributed by atoms with Crippen molar-refractivity contribution in [3.05, 3.63) is 29.8 Å². The summed E-state index contributed by atoms with van der Waals surface area (Å²) in [5, 5.41) is 3.37. The molecule has 1 aromatic rings. The molecule has 1 atom stereocenters. The molecule has 0 aromatic heterocycles. The number of rotatable bonds is 8. The molecule has 3 N–H and O–H groups in total. The fourth-order valence-corrected chi connectivity index (χ4v) is 1.74. The Labute approximate surface area is 115 Å². The van der Waals surface area contributed by atoms with Crippen molar-refractivity contribution in [1.29, 1.82) is 0 Å². The average Bonchev–Trinajstić information content (AvgIpc) is 2.35. The predicted octanol–water partition coefficient (Wildman–Crippen LogP) is 2.07. The first-order valence-corrected chi connectivity index (χ1v) is 6.78. The van der Waals surface area contributed by atoms with Gasteiger partial charge in [0.1, 0.15) is 5.75 Å². The summed E-state index contributed by atoms with van der Waals surface area (Å²) in [5.74, 6) is 0.888. The molecule has 0 radical (unpaired) electrons. The van der Waals surface area contributed by atoms with E-state index in [4.69, 9.17) is 10.5 Å². The number of hydrogen-bond acceptors (Lipinski definition) is 3. The van der Waals surface area contributed by atoms with Crippen LogP contribution in [0.25, 0.3) is 0 Å². The number of carbonyl (C=O) groups is 1. The third-order valence-corrected chi connectivity index (χ3v) is 2.75. The predicted molar refractivity (Wildman–Crippen MR) is 76.9 cm³/mol. The number of primary amides is 1. The second kappa shape index (κ2) is 7.79. The van der Waals surface area contributed by atoms with Crippen LogP contribution in [-0.4, -0.2) is 18.6 Å². The zero-order chi connectivity index (χ0) is 14.3. The van der Waals surface area contributed by atoms with Gasteiger partial charge in [-0.1, -0.05) is 32.9 Å². The fourth-order valence-electron chi connectivity index (χ4n) is 1.74. The minimum absolute atomic E-state index is 0.425. The monoisotopic (exact) mass is 264 g/mol. The lowest BCUT2D eigenvalue weighted by Crippen LogP contribution is -2.33. The Morgan fingerprint density at radius 1 is 1.42 bits per heavy atom. The third-order valence-electron chi connectivity index (χ3n) is 2.75. The molecular weight excluding hydrogens is 240 g/mol. The molecule has 0 aliphatic rings. The number of ether oxygens (including phenoxy) is 1. The van der Waals surface area contributed by atoms with E-state index in [1.165, 1.54) is 0 Å². The van der Waals surface area contributed by atoms with Crippen LogP contribution in [0.5, 0.6) is 5.75 Å². The number of carbonyl (C=O) groups excluding carboxylic acids is 1. The molecule has 0 bridgehead atoms. The number of benzene rings is 1. The second-order valence-electron chi connectivity index (χ2n) is 5.09. The molecule has 4 heteroatoms. The lowest BCUT2D eigenvalue weighted by molar-refractivity contribution is -0.124. The van der Waals surface area contributed by atoms with Gasteiger partial charge in [-0.25, -0.2) is 0 Å². The van der Waals surface area contributed by atoms with Gasteiger partial charge in [-0.05, 0) is 36.6 Å². The Hall–Kier alpha value is -1.55.